The number of aryl methyl sites for hydroxylation is 2. The number of ether oxygens (including phenoxy) is 1. The minimum atomic E-state index is 0.349. The van der Waals surface area contributed by atoms with Crippen molar-refractivity contribution in [2.75, 3.05) is 6.61 Å². The molecule has 0 N–H and O–H groups in total. The average Bonchev–Trinajstić information content (AvgIpc) is 2.99. The lowest BCUT2D eigenvalue weighted by molar-refractivity contribution is 0.340. The summed E-state index contributed by atoms with van der Waals surface area (Å²) in [5.41, 5.74) is 3.75. The van der Waals surface area contributed by atoms with Crippen LogP contribution in [0, 0.1) is 6.92 Å². The number of hydrogen-bond donors (Lipinski definition) is 0. The van der Waals surface area contributed by atoms with Crippen LogP contribution in [0.25, 0.3) is 16.9 Å². The van der Waals surface area contributed by atoms with E-state index >= 15 is 0 Å². The Bertz CT molecular complexity index is 773. The molecule has 0 saturated heterocycles. The average molecular weight is 305 g/mol. The highest BCUT2D eigenvalue weighted by Crippen LogP contribution is 2.25. The van der Waals surface area contributed by atoms with Crippen LogP contribution in [-0.4, -0.2) is 25.9 Å². The molecule has 0 aliphatic rings. The van der Waals surface area contributed by atoms with E-state index in [0.29, 0.717) is 12.5 Å². The highest BCUT2D eigenvalue weighted by atomic mass is 35.5. The molecule has 3 rings (SSSR count). The van der Waals surface area contributed by atoms with Crippen molar-refractivity contribution in [3.05, 3.63) is 35.8 Å². The maximum atomic E-state index is 6.06. The number of rotatable bonds is 4. The second-order valence-electron chi connectivity index (χ2n) is 4.81. The highest BCUT2D eigenvalue weighted by molar-refractivity contribution is 6.17. The van der Waals surface area contributed by atoms with E-state index < -0.39 is 0 Å². The Morgan fingerprint density at radius 3 is 2.57 bits per heavy atom. The second-order valence-corrected chi connectivity index (χ2v) is 5.07. The van der Waals surface area contributed by atoms with Crippen LogP contribution in [0.3, 0.4) is 0 Å². The molecule has 0 atom stereocenters. The summed E-state index contributed by atoms with van der Waals surface area (Å²) < 4.78 is 9.36. The third kappa shape index (κ3) is 2.27. The summed E-state index contributed by atoms with van der Waals surface area (Å²) >= 11 is 6.06. The maximum Gasteiger partial charge on any atom is 0.163 e. The van der Waals surface area contributed by atoms with Crippen LogP contribution in [0.15, 0.2) is 24.3 Å². The van der Waals surface area contributed by atoms with Gasteiger partial charge in [-0.3, -0.25) is 4.57 Å². The fraction of sp³-hybridized carbons (Fsp3) is 0.333. The third-order valence-corrected chi connectivity index (χ3v) is 3.64. The molecule has 0 radical (unpaired) electrons. The summed E-state index contributed by atoms with van der Waals surface area (Å²) in [7, 11) is 1.92. The molecule has 3 aromatic rings. The Hall–Kier alpha value is -2.01. The zero-order chi connectivity index (χ0) is 15.0. The maximum absolute atomic E-state index is 6.06. The summed E-state index contributed by atoms with van der Waals surface area (Å²) in [6, 6.07) is 7.91. The number of nitrogens with zero attached hydrogens (tertiary/aromatic N) is 4. The van der Waals surface area contributed by atoms with E-state index in [1.54, 1.807) is 0 Å². The molecule has 2 heterocycles. The van der Waals surface area contributed by atoms with Crippen LogP contribution in [0.1, 0.15) is 18.4 Å². The molecule has 1 aromatic carbocycles. The van der Waals surface area contributed by atoms with Crippen molar-refractivity contribution in [2.24, 2.45) is 7.05 Å². The van der Waals surface area contributed by atoms with Gasteiger partial charge in [-0.05, 0) is 38.1 Å². The lowest BCUT2D eigenvalue weighted by Gasteiger charge is -2.09. The van der Waals surface area contributed by atoms with Gasteiger partial charge in [0.2, 0.25) is 0 Å². The number of halogens is 1. The van der Waals surface area contributed by atoms with Crippen molar-refractivity contribution < 1.29 is 4.74 Å². The van der Waals surface area contributed by atoms with E-state index in [1.807, 2.05) is 54.4 Å². The molecular formula is C15H17ClN4O. The Balaban J connectivity index is 2.18. The summed E-state index contributed by atoms with van der Waals surface area (Å²) in [5, 5.41) is 4.42. The quantitative estimate of drug-likeness (QED) is 0.695. The van der Waals surface area contributed by atoms with Gasteiger partial charge in [-0.2, -0.15) is 5.10 Å². The topological polar surface area (TPSA) is 44.9 Å². The first-order chi connectivity index (χ1) is 10.2. The fourth-order valence-electron chi connectivity index (χ4n) is 2.54. The molecule has 0 amide bonds. The van der Waals surface area contributed by atoms with Gasteiger partial charge in [-0.25, -0.2) is 9.67 Å². The number of benzene rings is 1. The second kappa shape index (κ2) is 5.41. The summed E-state index contributed by atoms with van der Waals surface area (Å²) in [4.78, 5) is 4.60. The van der Waals surface area contributed by atoms with Gasteiger partial charge in [0.05, 0.1) is 18.2 Å². The van der Waals surface area contributed by atoms with Crippen LogP contribution >= 0.6 is 11.6 Å². The van der Waals surface area contributed by atoms with E-state index in [9.17, 15) is 0 Å². The van der Waals surface area contributed by atoms with Gasteiger partial charge in [0.25, 0.3) is 0 Å². The zero-order valence-corrected chi connectivity index (χ0v) is 13.1. The van der Waals surface area contributed by atoms with Gasteiger partial charge in [-0.15, -0.1) is 11.6 Å². The Kier molecular flexibility index (Phi) is 3.59. The van der Waals surface area contributed by atoms with Gasteiger partial charge in [-0.1, -0.05) is 0 Å². The minimum Gasteiger partial charge on any atom is -0.494 e. The molecule has 0 spiro atoms. The summed E-state index contributed by atoms with van der Waals surface area (Å²) in [5.74, 6) is 2.01. The molecule has 0 aliphatic carbocycles. The van der Waals surface area contributed by atoms with Crippen LogP contribution in [0.5, 0.6) is 5.75 Å². The normalized spacial score (nSPS) is 11.2. The van der Waals surface area contributed by atoms with E-state index in [-0.39, 0.29) is 0 Å². The van der Waals surface area contributed by atoms with Crippen LogP contribution in [0.2, 0.25) is 0 Å². The van der Waals surface area contributed by atoms with E-state index in [1.165, 1.54) is 0 Å². The SMILES string of the molecule is CCOc1ccc(-n2c(CCl)nc3c(C)nn(C)c32)cc1. The standard InChI is InChI=1S/C15H17ClN4O/c1-4-21-12-7-5-11(6-8-12)20-13(9-16)17-14-10(2)18-19(3)15(14)20/h5-8H,4,9H2,1-3H3. The first-order valence-electron chi connectivity index (χ1n) is 6.85. The van der Waals surface area contributed by atoms with Crippen LogP contribution in [-0.2, 0) is 12.9 Å². The van der Waals surface area contributed by atoms with Crippen LogP contribution in [0.4, 0.5) is 0 Å². The van der Waals surface area contributed by atoms with Crippen molar-refractivity contribution in [3.8, 4) is 11.4 Å². The lowest BCUT2D eigenvalue weighted by atomic mass is 10.3. The molecule has 0 bridgehead atoms. The van der Waals surface area contributed by atoms with Crippen molar-refractivity contribution in [2.45, 2.75) is 19.7 Å². The molecule has 21 heavy (non-hydrogen) atoms. The van der Waals surface area contributed by atoms with Gasteiger partial charge in [0.15, 0.2) is 5.65 Å². The monoisotopic (exact) mass is 304 g/mol. The number of hydrogen-bond acceptors (Lipinski definition) is 3. The Morgan fingerprint density at radius 1 is 1.24 bits per heavy atom. The molecule has 0 fully saturated rings. The Morgan fingerprint density at radius 2 is 1.95 bits per heavy atom. The Labute approximate surface area is 128 Å². The van der Waals surface area contributed by atoms with Crippen molar-refractivity contribution in [3.63, 3.8) is 0 Å². The molecule has 5 nitrogen and oxygen atoms in total. The van der Waals surface area contributed by atoms with E-state index in [2.05, 4.69) is 10.1 Å². The van der Waals surface area contributed by atoms with Crippen molar-refractivity contribution in [1.29, 1.82) is 0 Å². The molecule has 0 aliphatic heterocycles. The first-order valence-corrected chi connectivity index (χ1v) is 7.39. The van der Waals surface area contributed by atoms with Crippen LogP contribution < -0.4 is 4.74 Å². The summed E-state index contributed by atoms with van der Waals surface area (Å²) in [6.07, 6.45) is 0. The van der Waals surface area contributed by atoms with Crippen molar-refractivity contribution >= 4 is 22.8 Å². The largest absolute Gasteiger partial charge is 0.494 e. The molecule has 6 heteroatoms. The van der Waals surface area contributed by atoms with E-state index in [4.69, 9.17) is 16.3 Å². The summed E-state index contributed by atoms with van der Waals surface area (Å²) in [6.45, 7) is 4.58. The van der Waals surface area contributed by atoms with Gasteiger partial charge in [0, 0.05) is 12.7 Å². The number of aromatic nitrogens is 4. The predicted octanol–water partition coefficient (Wildman–Crippen LogP) is 3.20. The number of imidazole rings is 1. The smallest absolute Gasteiger partial charge is 0.163 e. The molecule has 110 valence electrons. The van der Waals surface area contributed by atoms with Gasteiger partial charge in [0.1, 0.15) is 17.1 Å². The highest BCUT2D eigenvalue weighted by Gasteiger charge is 2.17. The molecule has 0 unspecified atom stereocenters. The zero-order valence-electron chi connectivity index (χ0n) is 12.3. The van der Waals surface area contributed by atoms with Gasteiger partial charge < -0.3 is 4.74 Å². The minimum absolute atomic E-state index is 0.349. The molecule has 2 aromatic heterocycles. The third-order valence-electron chi connectivity index (χ3n) is 3.40. The van der Waals surface area contributed by atoms with Crippen molar-refractivity contribution in [1.82, 2.24) is 19.3 Å². The number of fused-ring (bicyclic) bond motifs is 1. The molecular weight excluding hydrogens is 288 g/mol. The number of alkyl halides is 1. The molecule has 0 saturated carbocycles. The fourth-order valence-corrected chi connectivity index (χ4v) is 2.72. The first kappa shape index (κ1) is 13.9. The lowest BCUT2D eigenvalue weighted by Crippen LogP contribution is -2.04. The predicted molar refractivity (Wildman–Crippen MR) is 83.3 cm³/mol. The van der Waals surface area contributed by atoms with E-state index in [0.717, 1.165) is 34.1 Å². The van der Waals surface area contributed by atoms with Gasteiger partial charge >= 0.3 is 0 Å².